The number of rotatable bonds is 2. The van der Waals surface area contributed by atoms with E-state index >= 15 is 0 Å². The molecule has 4 amide bonds. The van der Waals surface area contributed by atoms with E-state index < -0.39 is 12.1 Å². The van der Waals surface area contributed by atoms with E-state index in [1.165, 1.54) is 0 Å². The number of hydrogen-bond donors (Lipinski definition) is 5. The molecule has 0 aliphatic heterocycles. The Kier molecular flexibility index (Phi) is 2.81. The Hall–Kier alpha value is -2.65. The molecule has 10 nitrogen and oxygen atoms in total. The topological polar surface area (TPSA) is 175 Å². The Morgan fingerprint density at radius 2 is 1.33 bits per heavy atom. The number of amides is 4. The van der Waals surface area contributed by atoms with Crippen LogP contribution in [0.1, 0.15) is 0 Å². The molecule has 1 rings (SSSR count). The third kappa shape index (κ3) is 3.30. The number of nitrogens with two attached hydrogens (primary N) is 3. The predicted molar refractivity (Wildman–Crippen MR) is 50.7 cm³/mol. The summed E-state index contributed by atoms with van der Waals surface area (Å²) in [5, 5.41) is 4.13. The Balaban J connectivity index is 2.94. The van der Waals surface area contributed by atoms with Gasteiger partial charge in [0.05, 0.1) is 0 Å². The number of primary amides is 2. The van der Waals surface area contributed by atoms with Crippen LogP contribution in [-0.2, 0) is 0 Å². The van der Waals surface area contributed by atoms with Crippen LogP contribution in [0.5, 0.6) is 0 Å². The van der Waals surface area contributed by atoms with Crippen molar-refractivity contribution in [3.63, 3.8) is 0 Å². The van der Waals surface area contributed by atoms with Crippen LogP contribution in [0.3, 0.4) is 0 Å². The summed E-state index contributed by atoms with van der Waals surface area (Å²) >= 11 is 0. The maximum Gasteiger partial charge on any atom is 0.319 e. The van der Waals surface area contributed by atoms with Crippen molar-refractivity contribution in [3.05, 3.63) is 0 Å². The smallest absolute Gasteiger partial charge is 0.319 e. The second-order valence-corrected chi connectivity index (χ2v) is 2.32. The Morgan fingerprint density at radius 3 is 1.67 bits per heavy atom. The Labute approximate surface area is 83.3 Å². The SMILES string of the molecule is NC(=O)Nc1nc(N)nc(NC(N)=O)n1. The molecule has 0 saturated heterocycles. The fraction of sp³-hybridized carbons (Fsp3) is 0. The van der Waals surface area contributed by atoms with Crippen LogP contribution in [0, 0.1) is 0 Å². The summed E-state index contributed by atoms with van der Waals surface area (Å²) in [6, 6.07) is -1.74. The molecule has 8 N–H and O–H groups in total. The number of nitrogens with one attached hydrogen (secondary N) is 2. The van der Waals surface area contributed by atoms with Crippen molar-refractivity contribution >= 4 is 29.9 Å². The standard InChI is InChI=1S/C5H8N8O2/c6-1-9-4(11-2(7)14)13-5(10-1)12-3(8)15/h(H8,6,7,8,9,10,11,12,13,14,15). The van der Waals surface area contributed by atoms with Gasteiger partial charge in [-0.3, -0.25) is 10.6 Å². The normalized spacial score (nSPS) is 9.33. The number of anilines is 3. The molecule has 80 valence electrons. The van der Waals surface area contributed by atoms with E-state index in [1.54, 1.807) is 0 Å². The Morgan fingerprint density at radius 1 is 0.933 bits per heavy atom. The predicted octanol–water partition coefficient (Wildman–Crippen LogP) is -1.57. The highest BCUT2D eigenvalue weighted by Gasteiger charge is 2.06. The summed E-state index contributed by atoms with van der Waals surface area (Å²) in [5.41, 5.74) is 14.9. The summed E-state index contributed by atoms with van der Waals surface area (Å²) in [6.07, 6.45) is 0. The van der Waals surface area contributed by atoms with Crippen LogP contribution in [0.4, 0.5) is 27.4 Å². The average Bonchev–Trinajstić information content (AvgIpc) is 1.98. The molecule has 0 aromatic carbocycles. The van der Waals surface area contributed by atoms with Crippen molar-refractivity contribution in [2.75, 3.05) is 16.4 Å². The van der Waals surface area contributed by atoms with Crippen molar-refractivity contribution < 1.29 is 9.59 Å². The van der Waals surface area contributed by atoms with Crippen LogP contribution in [0.15, 0.2) is 0 Å². The largest absolute Gasteiger partial charge is 0.368 e. The molecule has 10 heteroatoms. The number of carbonyl (C=O) groups is 2. The lowest BCUT2D eigenvalue weighted by molar-refractivity contribution is 0.258. The van der Waals surface area contributed by atoms with E-state index in [4.69, 9.17) is 17.2 Å². The number of carbonyl (C=O) groups excluding carboxylic acids is 2. The van der Waals surface area contributed by atoms with Crippen LogP contribution in [-0.4, -0.2) is 27.0 Å². The fourth-order valence-electron chi connectivity index (χ4n) is 0.725. The van der Waals surface area contributed by atoms with Gasteiger partial charge in [-0.05, 0) is 0 Å². The number of hydrogen-bond acceptors (Lipinski definition) is 6. The van der Waals surface area contributed by atoms with Gasteiger partial charge >= 0.3 is 12.1 Å². The molecule has 1 aromatic rings. The van der Waals surface area contributed by atoms with Gasteiger partial charge in [-0.15, -0.1) is 0 Å². The summed E-state index contributed by atoms with van der Waals surface area (Å²) in [7, 11) is 0. The molecule has 0 fully saturated rings. The van der Waals surface area contributed by atoms with E-state index in [0.717, 1.165) is 0 Å². The minimum atomic E-state index is -0.870. The number of nitrogen functional groups attached to an aromatic ring is 1. The lowest BCUT2D eigenvalue weighted by atomic mass is 10.8. The molecule has 0 spiro atoms. The maximum absolute atomic E-state index is 10.5. The van der Waals surface area contributed by atoms with Gasteiger partial charge in [0.25, 0.3) is 0 Å². The van der Waals surface area contributed by atoms with Gasteiger partial charge in [0.2, 0.25) is 17.8 Å². The van der Waals surface area contributed by atoms with Gasteiger partial charge in [0.15, 0.2) is 0 Å². The molecular weight excluding hydrogens is 204 g/mol. The molecule has 0 saturated carbocycles. The van der Waals surface area contributed by atoms with Crippen molar-refractivity contribution in [2.45, 2.75) is 0 Å². The van der Waals surface area contributed by atoms with Gasteiger partial charge in [0, 0.05) is 0 Å². The van der Waals surface area contributed by atoms with E-state index in [2.05, 4.69) is 25.6 Å². The highest BCUT2D eigenvalue weighted by molar-refractivity contribution is 5.87. The summed E-state index contributed by atoms with van der Waals surface area (Å²) in [6.45, 7) is 0. The number of urea groups is 2. The summed E-state index contributed by atoms with van der Waals surface area (Å²) < 4.78 is 0. The first kappa shape index (κ1) is 10.4. The molecule has 0 radical (unpaired) electrons. The average molecular weight is 212 g/mol. The first-order valence-corrected chi connectivity index (χ1v) is 3.62. The lowest BCUT2D eigenvalue weighted by Gasteiger charge is -2.03. The molecule has 0 aliphatic rings. The highest BCUT2D eigenvalue weighted by Crippen LogP contribution is 2.05. The second-order valence-electron chi connectivity index (χ2n) is 2.32. The van der Waals surface area contributed by atoms with E-state index in [9.17, 15) is 9.59 Å². The van der Waals surface area contributed by atoms with E-state index in [-0.39, 0.29) is 17.8 Å². The zero-order valence-corrected chi connectivity index (χ0v) is 7.39. The quantitative estimate of drug-likeness (QED) is 0.395. The van der Waals surface area contributed by atoms with Gasteiger partial charge in [-0.1, -0.05) is 0 Å². The van der Waals surface area contributed by atoms with Crippen molar-refractivity contribution in [1.29, 1.82) is 0 Å². The van der Waals surface area contributed by atoms with Gasteiger partial charge in [-0.2, -0.15) is 15.0 Å². The molecule has 0 atom stereocenters. The van der Waals surface area contributed by atoms with Crippen LogP contribution >= 0.6 is 0 Å². The minimum absolute atomic E-state index is 0.182. The van der Waals surface area contributed by atoms with Gasteiger partial charge in [-0.25, -0.2) is 9.59 Å². The minimum Gasteiger partial charge on any atom is -0.368 e. The fourth-order valence-corrected chi connectivity index (χ4v) is 0.725. The monoisotopic (exact) mass is 212 g/mol. The second kappa shape index (κ2) is 4.04. The van der Waals surface area contributed by atoms with Crippen molar-refractivity contribution in [3.8, 4) is 0 Å². The van der Waals surface area contributed by atoms with Crippen molar-refractivity contribution in [1.82, 2.24) is 15.0 Å². The van der Waals surface area contributed by atoms with Gasteiger partial charge in [0.1, 0.15) is 0 Å². The summed E-state index contributed by atoms with van der Waals surface area (Å²) in [4.78, 5) is 31.6. The zero-order valence-electron chi connectivity index (χ0n) is 7.39. The molecule has 1 heterocycles. The van der Waals surface area contributed by atoms with Crippen LogP contribution in [0.25, 0.3) is 0 Å². The van der Waals surface area contributed by atoms with Gasteiger partial charge < -0.3 is 17.2 Å². The molecule has 1 aromatic heterocycles. The molecule has 0 aliphatic carbocycles. The first-order chi connectivity index (χ1) is 6.97. The highest BCUT2D eigenvalue weighted by atomic mass is 16.2. The molecule has 0 unspecified atom stereocenters. The number of nitrogens with zero attached hydrogens (tertiary/aromatic N) is 3. The van der Waals surface area contributed by atoms with Crippen molar-refractivity contribution in [2.24, 2.45) is 11.5 Å². The maximum atomic E-state index is 10.5. The van der Waals surface area contributed by atoms with Crippen LogP contribution < -0.4 is 27.8 Å². The third-order valence-corrected chi connectivity index (χ3v) is 1.12. The third-order valence-electron chi connectivity index (χ3n) is 1.12. The summed E-state index contributed by atoms with van der Waals surface area (Å²) in [5.74, 6) is -0.560. The number of aromatic nitrogens is 3. The Bertz CT molecular complexity index is 370. The molecular formula is C5H8N8O2. The lowest BCUT2D eigenvalue weighted by Crippen LogP contribution is -2.24. The van der Waals surface area contributed by atoms with E-state index in [1.807, 2.05) is 0 Å². The zero-order chi connectivity index (χ0) is 11.4. The van der Waals surface area contributed by atoms with E-state index in [0.29, 0.717) is 0 Å². The van der Waals surface area contributed by atoms with Crippen LogP contribution in [0.2, 0.25) is 0 Å². The molecule has 0 bridgehead atoms. The first-order valence-electron chi connectivity index (χ1n) is 3.62. The molecule has 15 heavy (non-hydrogen) atoms.